The highest BCUT2D eigenvalue weighted by molar-refractivity contribution is 6.06. The summed E-state index contributed by atoms with van der Waals surface area (Å²) in [5, 5.41) is 32.6. The van der Waals surface area contributed by atoms with Crippen molar-refractivity contribution in [3.63, 3.8) is 0 Å². The van der Waals surface area contributed by atoms with Crippen molar-refractivity contribution in [2.24, 2.45) is 0 Å². The minimum absolute atomic E-state index is 0.0189. The molecule has 0 aliphatic carbocycles. The summed E-state index contributed by atoms with van der Waals surface area (Å²) in [4.78, 5) is 12.0. The number of aryl methyl sites for hydroxylation is 1. The zero-order valence-corrected chi connectivity index (χ0v) is 12.6. The molecule has 0 saturated carbocycles. The predicted octanol–water partition coefficient (Wildman–Crippen LogP) is 1.80. The second-order valence-electron chi connectivity index (χ2n) is 4.86. The van der Waals surface area contributed by atoms with Crippen LogP contribution in [0.3, 0.4) is 0 Å². The minimum Gasteiger partial charge on any atom is -0.508 e. The Balaban J connectivity index is 2.55. The Morgan fingerprint density at radius 3 is 2.77 bits per heavy atom. The molecular formula is C16H21N3O3. The summed E-state index contributed by atoms with van der Waals surface area (Å²) >= 11 is 0. The van der Waals surface area contributed by atoms with Crippen molar-refractivity contribution < 1.29 is 15.0 Å². The number of amides is 1. The van der Waals surface area contributed by atoms with Gasteiger partial charge in [0, 0.05) is 25.0 Å². The maximum absolute atomic E-state index is 12.0. The van der Waals surface area contributed by atoms with E-state index in [0.29, 0.717) is 17.8 Å². The Labute approximate surface area is 130 Å². The van der Waals surface area contributed by atoms with E-state index >= 15 is 0 Å². The lowest BCUT2D eigenvalue weighted by Crippen LogP contribution is -2.17. The molecule has 0 radical (unpaired) electrons. The smallest absolute Gasteiger partial charge is 0.267 e. The second-order valence-corrected chi connectivity index (χ2v) is 4.86. The number of aromatic hydroxyl groups is 1. The molecule has 0 spiro atoms. The molecule has 1 rings (SSSR count). The van der Waals surface area contributed by atoms with Crippen molar-refractivity contribution >= 4 is 11.6 Å². The summed E-state index contributed by atoms with van der Waals surface area (Å²) in [6.07, 6.45) is 3.88. The number of phenolic OH excluding ortho intramolecular Hbond substituents is 1. The Morgan fingerprint density at radius 1 is 1.36 bits per heavy atom. The first kappa shape index (κ1) is 17.5. The number of hydrogen-bond acceptors (Lipinski definition) is 5. The maximum atomic E-state index is 12.0. The van der Waals surface area contributed by atoms with E-state index in [4.69, 9.17) is 10.4 Å². The van der Waals surface area contributed by atoms with Gasteiger partial charge < -0.3 is 20.8 Å². The molecule has 0 saturated heterocycles. The van der Waals surface area contributed by atoms with Gasteiger partial charge in [0.25, 0.3) is 5.91 Å². The van der Waals surface area contributed by atoms with Crippen molar-refractivity contribution in [2.75, 3.05) is 18.5 Å². The summed E-state index contributed by atoms with van der Waals surface area (Å²) in [5.74, 6) is -0.379. The first-order chi connectivity index (χ1) is 10.6. The molecule has 0 aliphatic heterocycles. The van der Waals surface area contributed by atoms with Crippen LogP contribution >= 0.6 is 0 Å². The number of anilines is 1. The fourth-order valence-corrected chi connectivity index (χ4v) is 1.82. The fraction of sp³-hybridized carbons (Fsp3) is 0.375. The van der Waals surface area contributed by atoms with Crippen molar-refractivity contribution in [3.8, 4) is 11.8 Å². The lowest BCUT2D eigenvalue weighted by Gasteiger charge is -2.08. The van der Waals surface area contributed by atoms with E-state index in [1.54, 1.807) is 13.0 Å². The summed E-state index contributed by atoms with van der Waals surface area (Å²) in [7, 11) is 0. The van der Waals surface area contributed by atoms with Gasteiger partial charge in [0.05, 0.1) is 0 Å². The second kappa shape index (κ2) is 9.42. The molecule has 0 bridgehead atoms. The Morgan fingerprint density at radius 2 is 2.14 bits per heavy atom. The number of hydrogen-bond donors (Lipinski definition) is 4. The third kappa shape index (κ3) is 5.85. The molecule has 0 atom stereocenters. The summed E-state index contributed by atoms with van der Waals surface area (Å²) in [5.41, 5.74) is 1.24. The number of nitrogens with one attached hydrogen (secondary N) is 2. The van der Waals surface area contributed by atoms with Crippen LogP contribution in [0.5, 0.6) is 5.75 Å². The van der Waals surface area contributed by atoms with Crippen LogP contribution in [0.2, 0.25) is 0 Å². The lowest BCUT2D eigenvalue weighted by molar-refractivity contribution is -0.112. The SMILES string of the molecule is Cc1cc(O)ccc1NC(=O)/C(C#N)=C\NCCCCCO. The van der Waals surface area contributed by atoms with Gasteiger partial charge in [-0.15, -0.1) is 0 Å². The maximum Gasteiger partial charge on any atom is 0.267 e. The number of carbonyl (C=O) groups is 1. The summed E-state index contributed by atoms with van der Waals surface area (Å²) < 4.78 is 0. The molecule has 0 fully saturated rings. The lowest BCUT2D eigenvalue weighted by atomic mass is 10.2. The first-order valence-electron chi connectivity index (χ1n) is 7.14. The number of unbranched alkanes of at least 4 members (excludes halogenated alkanes) is 2. The number of rotatable bonds is 8. The Bertz CT molecular complexity index is 576. The number of nitrogens with zero attached hydrogens (tertiary/aromatic N) is 1. The highest BCUT2D eigenvalue weighted by atomic mass is 16.3. The molecule has 0 heterocycles. The molecule has 0 aromatic heterocycles. The van der Waals surface area contributed by atoms with Gasteiger partial charge in [-0.1, -0.05) is 0 Å². The van der Waals surface area contributed by atoms with Gasteiger partial charge in [0.1, 0.15) is 17.4 Å². The van der Waals surface area contributed by atoms with Gasteiger partial charge in [-0.2, -0.15) is 5.26 Å². The van der Waals surface area contributed by atoms with Crippen LogP contribution in [0.1, 0.15) is 24.8 Å². The van der Waals surface area contributed by atoms with Gasteiger partial charge in [0.2, 0.25) is 0 Å². The minimum atomic E-state index is -0.501. The van der Waals surface area contributed by atoms with Crippen LogP contribution in [-0.4, -0.2) is 29.3 Å². The number of aliphatic hydroxyl groups excluding tert-OH is 1. The number of carbonyl (C=O) groups excluding carboxylic acids is 1. The average Bonchev–Trinajstić information content (AvgIpc) is 2.49. The zero-order valence-electron chi connectivity index (χ0n) is 12.6. The van der Waals surface area contributed by atoms with E-state index in [2.05, 4.69) is 10.6 Å². The van der Waals surface area contributed by atoms with Crippen LogP contribution in [0.15, 0.2) is 30.0 Å². The highest BCUT2D eigenvalue weighted by Gasteiger charge is 2.10. The third-order valence-electron chi connectivity index (χ3n) is 3.05. The molecule has 1 aromatic carbocycles. The highest BCUT2D eigenvalue weighted by Crippen LogP contribution is 2.20. The van der Waals surface area contributed by atoms with E-state index < -0.39 is 5.91 Å². The monoisotopic (exact) mass is 303 g/mol. The standard InChI is InChI=1S/C16H21N3O3/c1-12-9-14(21)5-6-15(12)19-16(22)13(10-17)11-18-7-3-2-4-8-20/h5-6,9,11,18,20-21H,2-4,7-8H2,1H3,(H,19,22)/b13-11-. The van der Waals surface area contributed by atoms with Crippen molar-refractivity contribution in [3.05, 3.63) is 35.5 Å². The van der Waals surface area contributed by atoms with Crippen molar-refractivity contribution in [1.82, 2.24) is 5.32 Å². The Kier molecular flexibility index (Phi) is 7.51. The van der Waals surface area contributed by atoms with Crippen LogP contribution < -0.4 is 10.6 Å². The largest absolute Gasteiger partial charge is 0.508 e. The first-order valence-corrected chi connectivity index (χ1v) is 7.14. The number of aliphatic hydroxyl groups is 1. The third-order valence-corrected chi connectivity index (χ3v) is 3.05. The van der Waals surface area contributed by atoms with Crippen LogP contribution in [0.25, 0.3) is 0 Å². The quantitative estimate of drug-likeness (QED) is 0.254. The average molecular weight is 303 g/mol. The van der Waals surface area contributed by atoms with Gasteiger partial charge in [-0.25, -0.2) is 0 Å². The molecule has 22 heavy (non-hydrogen) atoms. The molecule has 6 heteroatoms. The zero-order chi connectivity index (χ0) is 16.4. The summed E-state index contributed by atoms with van der Waals surface area (Å²) in [6.45, 7) is 2.56. The number of benzene rings is 1. The predicted molar refractivity (Wildman–Crippen MR) is 84.1 cm³/mol. The molecule has 118 valence electrons. The molecule has 1 aromatic rings. The van der Waals surface area contributed by atoms with Crippen molar-refractivity contribution in [1.29, 1.82) is 5.26 Å². The van der Waals surface area contributed by atoms with Gasteiger partial charge >= 0.3 is 0 Å². The molecule has 0 unspecified atom stereocenters. The van der Waals surface area contributed by atoms with E-state index in [9.17, 15) is 9.90 Å². The molecular weight excluding hydrogens is 282 g/mol. The summed E-state index contributed by atoms with van der Waals surface area (Å²) in [6, 6.07) is 6.44. The molecule has 0 aliphatic rings. The van der Waals surface area contributed by atoms with E-state index in [0.717, 1.165) is 19.3 Å². The fourth-order valence-electron chi connectivity index (χ4n) is 1.82. The van der Waals surface area contributed by atoms with Gasteiger partial charge in [0.15, 0.2) is 0 Å². The van der Waals surface area contributed by atoms with Gasteiger partial charge in [-0.05, 0) is 49.9 Å². The van der Waals surface area contributed by atoms with Gasteiger partial charge in [-0.3, -0.25) is 4.79 Å². The van der Waals surface area contributed by atoms with E-state index in [1.165, 1.54) is 18.3 Å². The number of phenols is 1. The van der Waals surface area contributed by atoms with Crippen LogP contribution in [0.4, 0.5) is 5.69 Å². The Hall–Kier alpha value is -2.52. The molecule has 4 N–H and O–H groups in total. The molecule has 6 nitrogen and oxygen atoms in total. The normalized spacial score (nSPS) is 10.9. The molecule has 1 amide bonds. The van der Waals surface area contributed by atoms with E-state index in [-0.39, 0.29) is 17.9 Å². The van der Waals surface area contributed by atoms with Crippen molar-refractivity contribution in [2.45, 2.75) is 26.2 Å². The topological polar surface area (TPSA) is 105 Å². The van der Waals surface area contributed by atoms with E-state index in [1.807, 2.05) is 6.07 Å². The van der Waals surface area contributed by atoms with Crippen LogP contribution in [0, 0.1) is 18.3 Å². The van der Waals surface area contributed by atoms with Crippen LogP contribution in [-0.2, 0) is 4.79 Å². The number of nitriles is 1.